The SMILES string of the molecule is CCCOc1cccc(C(O)C(O)CCBr)c1. The first-order chi connectivity index (χ1) is 8.19. The number of hydrogen-bond acceptors (Lipinski definition) is 3. The standard InChI is InChI=1S/C13H19BrO3/c1-2-8-17-11-5-3-4-10(9-11)13(16)12(15)6-7-14/h3-5,9,12-13,15-16H,2,6-8H2,1H3. The number of alkyl halides is 1. The maximum Gasteiger partial charge on any atom is 0.119 e. The number of hydrogen-bond donors (Lipinski definition) is 2. The Bertz CT molecular complexity index is 330. The van der Waals surface area contributed by atoms with Crippen LogP contribution >= 0.6 is 15.9 Å². The molecule has 2 N–H and O–H groups in total. The molecule has 0 aliphatic heterocycles. The molecule has 1 rings (SSSR count). The fourth-order valence-corrected chi connectivity index (χ4v) is 1.97. The zero-order chi connectivity index (χ0) is 12.7. The van der Waals surface area contributed by atoms with Crippen molar-refractivity contribution in [1.29, 1.82) is 0 Å². The van der Waals surface area contributed by atoms with Crippen LogP contribution in [0.3, 0.4) is 0 Å². The van der Waals surface area contributed by atoms with Gasteiger partial charge in [-0.3, -0.25) is 0 Å². The summed E-state index contributed by atoms with van der Waals surface area (Å²) in [5.41, 5.74) is 0.687. The molecule has 0 amide bonds. The Morgan fingerprint density at radius 3 is 2.76 bits per heavy atom. The molecule has 0 heterocycles. The van der Waals surface area contributed by atoms with Gasteiger partial charge in [-0.2, -0.15) is 0 Å². The minimum atomic E-state index is -0.863. The Labute approximate surface area is 111 Å². The second-order valence-corrected chi connectivity index (χ2v) is 4.70. The summed E-state index contributed by atoms with van der Waals surface area (Å²) in [6, 6.07) is 7.24. The smallest absolute Gasteiger partial charge is 0.119 e. The highest BCUT2D eigenvalue weighted by atomic mass is 79.9. The second-order valence-electron chi connectivity index (χ2n) is 3.91. The molecule has 0 saturated heterocycles. The molecule has 0 aromatic heterocycles. The minimum Gasteiger partial charge on any atom is -0.494 e. The van der Waals surface area contributed by atoms with E-state index in [9.17, 15) is 10.2 Å². The van der Waals surface area contributed by atoms with E-state index in [1.807, 2.05) is 19.1 Å². The van der Waals surface area contributed by atoms with E-state index in [2.05, 4.69) is 15.9 Å². The van der Waals surface area contributed by atoms with Crippen LogP contribution in [0.2, 0.25) is 0 Å². The fourth-order valence-electron chi connectivity index (χ4n) is 1.50. The molecular formula is C13H19BrO3. The number of aliphatic hydroxyl groups is 2. The van der Waals surface area contributed by atoms with Crippen molar-refractivity contribution in [3.8, 4) is 5.75 Å². The summed E-state index contributed by atoms with van der Waals surface area (Å²) < 4.78 is 5.48. The van der Waals surface area contributed by atoms with Crippen LogP contribution in [0.25, 0.3) is 0 Å². The number of aliphatic hydroxyl groups excluding tert-OH is 2. The third-order valence-electron chi connectivity index (χ3n) is 2.44. The molecule has 96 valence electrons. The van der Waals surface area contributed by atoms with Gasteiger partial charge in [0.1, 0.15) is 11.9 Å². The van der Waals surface area contributed by atoms with E-state index in [0.717, 1.165) is 12.2 Å². The Hall–Kier alpha value is -0.580. The molecule has 0 radical (unpaired) electrons. The first-order valence-corrected chi connectivity index (χ1v) is 6.96. The highest BCUT2D eigenvalue weighted by Crippen LogP contribution is 2.23. The van der Waals surface area contributed by atoms with E-state index < -0.39 is 12.2 Å². The lowest BCUT2D eigenvalue weighted by Gasteiger charge is -2.18. The van der Waals surface area contributed by atoms with Crippen molar-refractivity contribution in [2.75, 3.05) is 11.9 Å². The summed E-state index contributed by atoms with van der Waals surface area (Å²) in [6.07, 6.45) is -0.159. The van der Waals surface area contributed by atoms with Gasteiger partial charge >= 0.3 is 0 Å². The number of benzene rings is 1. The Morgan fingerprint density at radius 1 is 1.35 bits per heavy atom. The van der Waals surface area contributed by atoms with Gasteiger partial charge in [0, 0.05) is 5.33 Å². The molecule has 4 heteroatoms. The topological polar surface area (TPSA) is 49.7 Å². The molecule has 1 aromatic rings. The molecule has 2 unspecified atom stereocenters. The van der Waals surface area contributed by atoms with Crippen molar-refractivity contribution in [3.05, 3.63) is 29.8 Å². The van der Waals surface area contributed by atoms with E-state index >= 15 is 0 Å². The van der Waals surface area contributed by atoms with Crippen molar-refractivity contribution in [2.45, 2.75) is 32.0 Å². The summed E-state index contributed by atoms with van der Waals surface area (Å²) in [4.78, 5) is 0. The van der Waals surface area contributed by atoms with Crippen LogP contribution in [0, 0.1) is 0 Å². The minimum absolute atomic E-state index is 0.515. The quantitative estimate of drug-likeness (QED) is 0.761. The predicted octanol–water partition coefficient (Wildman–Crippen LogP) is 2.65. The van der Waals surface area contributed by atoms with Gasteiger partial charge in [-0.1, -0.05) is 35.0 Å². The summed E-state index contributed by atoms with van der Waals surface area (Å²) in [6.45, 7) is 2.70. The third-order valence-corrected chi connectivity index (χ3v) is 2.90. The van der Waals surface area contributed by atoms with E-state index in [0.29, 0.717) is 23.9 Å². The molecule has 0 saturated carbocycles. The molecule has 0 fully saturated rings. The molecule has 0 aliphatic carbocycles. The van der Waals surface area contributed by atoms with Gasteiger partial charge in [-0.05, 0) is 30.5 Å². The van der Waals surface area contributed by atoms with E-state index in [1.165, 1.54) is 0 Å². The first-order valence-electron chi connectivity index (χ1n) is 5.84. The van der Waals surface area contributed by atoms with Crippen LogP contribution < -0.4 is 4.74 Å². The summed E-state index contributed by atoms with van der Waals surface area (Å²) in [5, 5.41) is 20.3. The summed E-state index contributed by atoms with van der Waals surface area (Å²) >= 11 is 3.24. The van der Waals surface area contributed by atoms with Crippen molar-refractivity contribution in [3.63, 3.8) is 0 Å². The molecule has 2 atom stereocenters. The average Bonchev–Trinajstić information content (AvgIpc) is 2.36. The van der Waals surface area contributed by atoms with Crippen molar-refractivity contribution in [2.24, 2.45) is 0 Å². The molecule has 0 aliphatic rings. The predicted molar refractivity (Wildman–Crippen MR) is 71.6 cm³/mol. The van der Waals surface area contributed by atoms with Gasteiger partial charge in [-0.25, -0.2) is 0 Å². The first kappa shape index (κ1) is 14.5. The van der Waals surface area contributed by atoms with Gasteiger partial charge in [0.05, 0.1) is 12.7 Å². The van der Waals surface area contributed by atoms with Gasteiger partial charge in [0.15, 0.2) is 0 Å². The van der Waals surface area contributed by atoms with Crippen LogP contribution in [0.4, 0.5) is 0 Å². The van der Waals surface area contributed by atoms with Gasteiger partial charge in [0.25, 0.3) is 0 Å². The normalized spacial score (nSPS) is 14.4. The van der Waals surface area contributed by atoms with Crippen molar-refractivity contribution >= 4 is 15.9 Å². The molecule has 17 heavy (non-hydrogen) atoms. The molecule has 3 nitrogen and oxygen atoms in total. The highest BCUT2D eigenvalue weighted by molar-refractivity contribution is 9.09. The lowest BCUT2D eigenvalue weighted by molar-refractivity contribution is 0.0172. The largest absolute Gasteiger partial charge is 0.494 e. The van der Waals surface area contributed by atoms with E-state index in [-0.39, 0.29) is 0 Å². The molecule has 0 bridgehead atoms. The zero-order valence-corrected chi connectivity index (χ0v) is 11.6. The zero-order valence-electron chi connectivity index (χ0n) is 9.97. The monoisotopic (exact) mass is 302 g/mol. The van der Waals surface area contributed by atoms with Crippen molar-refractivity contribution in [1.82, 2.24) is 0 Å². The van der Waals surface area contributed by atoms with Gasteiger partial charge in [-0.15, -0.1) is 0 Å². The number of halogens is 1. The van der Waals surface area contributed by atoms with Crippen LogP contribution in [0.1, 0.15) is 31.4 Å². The summed E-state index contributed by atoms with van der Waals surface area (Å²) in [7, 11) is 0. The number of ether oxygens (including phenoxy) is 1. The van der Waals surface area contributed by atoms with Crippen molar-refractivity contribution < 1.29 is 14.9 Å². The van der Waals surface area contributed by atoms with Crippen LogP contribution in [-0.2, 0) is 0 Å². The third kappa shape index (κ3) is 4.66. The van der Waals surface area contributed by atoms with E-state index in [1.54, 1.807) is 12.1 Å². The Morgan fingerprint density at radius 2 is 2.12 bits per heavy atom. The highest BCUT2D eigenvalue weighted by Gasteiger charge is 2.17. The summed E-state index contributed by atoms with van der Waals surface area (Å²) in [5.74, 6) is 0.731. The lowest BCUT2D eigenvalue weighted by Crippen LogP contribution is -2.18. The van der Waals surface area contributed by atoms with Gasteiger partial charge in [0.2, 0.25) is 0 Å². The maximum atomic E-state index is 9.94. The Kier molecular flexibility index (Phi) is 6.55. The van der Waals surface area contributed by atoms with Crippen LogP contribution in [-0.4, -0.2) is 28.3 Å². The lowest BCUT2D eigenvalue weighted by atomic mass is 10.0. The van der Waals surface area contributed by atoms with Crippen LogP contribution in [0.5, 0.6) is 5.75 Å². The van der Waals surface area contributed by atoms with E-state index in [4.69, 9.17) is 4.74 Å². The average molecular weight is 303 g/mol. The van der Waals surface area contributed by atoms with Gasteiger partial charge < -0.3 is 14.9 Å². The molecule has 1 aromatic carbocycles. The molecular weight excluding hydrogens is 284 g/mol. The fraction of sp³-hybridized carbons (Fsp3) is 0.538. The molecule has 0 spiro atoms. The second kappa shape index (κ2) is 7.69. The maximum absolute atomic E-state index is 9.94. The Balaban J connectivity index is 2.69. The number of rotatable bonds is 7. The van der Waals surface area contributed by atoms with Crippen LogP contribution in [0.15, 0.2) is 24.3 Å².